The van der Waals surface area contributed by atoms with Gasteiger partial charge in [-0.25, -0.2) is 0 Å². The first kappa shape index (κ1) is 18.4. The van der Waals surface area contributed by atoms with Crippen LogP contribution < -0.4 is 0 Å². The van der Waals surface area contributed by atoms with E-state index >= 15 is 0 Å². The molecule has 1 amide bonds. The van der Waals surface area contributed by atoms with Crippen LogP contribution in [0.25, 0.3) is 0 Å². The van der Waals surface area contributed by atoms with E-state index in [-0.39, 0.29) is 35.2 Å². The highest BCUT2D eigenvalue weighted by atomic mass is 35.5. The SMILES string of the molecule is CC1CN(C(=N)c2ccccn2)C(=N)CN1C(=O)c1cccc(Cl)c1Cl. The third-order valence-corrected chi connectivity index (χ3v) is 5.06. The molecule has 2 heterocycles. The molecule has 8 heteroatoms. The van der Waals surface area contributed by atoms with E-state index in [4.69, 9.17) is 34.0 Å². The molecule has 2 N–H and O–H groups in total. The number of aromatic nitrogens is 1. The summed E-state index contributed by atoms with van der Waals surface area (Å²) in [4.78, 5) is 20.2. The van der Waals surface area contributed by atoms with Crippen molar-refractivity contribution < 1.29 is 4.79 Å². The van der Waals surface area contributed by atoms with Gasteiger partial charge in [-0.05, 0) is 31.2 Å². The van der Waals surface area contributed by atoms with Gasteiger partial charge < -0.3 is 9.80 Å². The summed E-state index contributed by atoms with van der Waals surface area (Å²) in [7, 11) is 0. The fraction of sp³-hybridized carbons (Fsp3) is 0.222. The van der Waals surface area contributed by atoms with Crippen molar-refractivity contribution in [3.05, 3.63) is 63.9 Å². The fourth-order valence-electron chi connectivity index (χ4n) is 2.84. The molecular formula is C18H17Cl2N5O. The molecule has 2 aromatic rings. The number of hydrogen-bond acceptors (Lipinski definition) is 4. The van der Waals surface area contributed by atoms with Crippen molar-refractivity contribution in [3.63, 3.8) is 0 Å². The molecule has 6 nitrogen and oxygen atoms in total. The van der Waals surface area contributed by atoms with Crippen molar-refractivity contribution >= 4 is 40.8 Å². The molecule has 1 aliphatic rings. The lowest BCUT2D eigenvalue weighted by molar-refractivity contribution is 0.0683. The second-order valence-electron chi connectivity index (χ2n) is 6.00. The molecule has 0 aliphatic carbocycles. The van der Waals surface area contributed by atoms with Crippen molar-refractivity contribution in [2.45, 2.75) is 13.0 Å². The lowest BCUT2D eigenvalue weighted by atomic mass is 10.1. The van der Waals surface area contributed by atoms with Gasteiger partial charge in [0.05, 0.1) is 22.2 Å². The minimum atomic E-state index is -0.279. The van der Waals surface area contributed by atoms with E-state index < -0.39 is 0 Å². The molecule has 134 valence electrons. The summed E-state index contributed by atoms with van der Waals surface area (Å²) in [6.45, 7) is 2.29. The van der Waals surface area contributed by atoms with Gasteiger partial charge in [0.1, 0.15) is 11.5 Å². The predicted molar refractivity (Wildman–Crippen MR) is 102 cm³/mol. The molecule has 1 aromatic heterocycles. The van der Waals surface area contributed by atoms with Crippen molar-refractivity contribution in [1.29, 1.82) is 10.8 Å². The van der Waals surface area contributed by atoms with Crippen LogP contribution in [0.2, 0.25) is 10.0 Å². The van der Waals surface area contributed by atoms with Crippen LogP contribution in [-0.4, -0.2) is 51.5 Å². The number of carbonyl (C=O) groups excluding carboxylic acids is 1. The zero-order valence-corrected chi connectivity index (χ0v) is 15.6. The summed E-state index contributed by atoms with van der Waals surface area (Å²) in [6, 6.07) is 10.00. The number of nitrogens with one attached hydrogen (secondary N) is 2. The summed E-state index contributed by atoms with van der Waals surface area (Å²) >= 11 is 12.2. The molecule has 0 radical (unpaired) electrons. The minimum Gasteiger partial charge on any atom is -0.327 e. The summed E-state index contributed by atoms with van der Waals surface area (Å²) in [6.07, 6.45) is 1.61. The number of pyridine rings is 1. The van der Waals surface area contributed by atoms with Crippen LogP contribution in [0.1, 0.15) is 23.0 Å². The summed E-state index contributed by atoms with van der Waals surface area (Å²) in [5.41, 5.74) is 0.800. The molecular weight excluding hydrogens is 373 g/mol. The van der Waals surface area contributed by atoms with Gasteiger partial charge in [-0.3, -0.25) is 20.6 Å². The van der Waals surface area contributed by atoms with Crippen LogP contribution in [0.3, 0.4) is 0 Å². The highest BCUT2D eigenvalue weighted by Crippen LogP contribution is 2.27. The van der Waals surface area contributed by atoms with Gasteiger partial charge in [0, 0.05) is 18.8 Å². The lowest BCUT2D eigenvalue weighted by Gasteiger charge is -2.41. The molecule has 0 spiro atoms. The molecule has 1 atom stereocenters. The standard InChI is InChI=1S/C18H17Cl2N5O/c1-11-9-25(17(22)14-7-2-3-8-23-14)15(21)10-24(11)18(26)12-5-4-6-13(19)16(12)20/h2-8,11,21-22H,9-10H2,1H3. The number of amides is 1. The highest BCUT2D eigenvalue weighted by Gasteiger charge is 2.34. The molecule has 1 aliphatic heterocycles. The maximum absolute atomic E-state index is 12.9. The number of nitrogens with zero attached hydrogens (tertiary/aromatic N) is 3. The Morgan fingerprint density at radius 1 is 1.23 bits per heavy atom. The average Bonchev–Trinajstić information content (AvgIpc) is 2.65. The molecule has 3 rings (SSSR count). The molecule has 26 heavy (non-hydrogen) atoms. The van der Waals surface area contributed by atoms with Gasteiger partial charge in [0.2, 0.25) is 0 Å². The van der Waals surface area contributed by atoms with E-state index in [0.717, 1.165) is 0 Å². The smallest absolute Gasteiger partial charge is 0.256 e. The normalized spacial score (nSPS) is 17.3. The Balaban J connectivity index is 1.80. The third-order valence-electron chi connectivity index (χ3n) is 4.25. The highest BCUT2D eigenvalue weighted by molar-refractivity contribution is 6.43. The van der Waals surface area contributed by atoms with Crippen LogP contribution in [0, 0.1) is 10.8 Å². The van der Waals surface area contributed by atoms with Crippen molar-refractivity contribution in [2.75, 3.05) is 13.1 Å². The van der Waals surface area contributed by atoms with Gasteiger partial charge in [-0.15, -0.1) is 0 Å². The zero-order valence-electron chi connectivity index (χ0n) is 14.0. The number of halogens is 2. The van der Waals surface area contributed by atoms with Gasteiger partial charge in [-0.2, -0.15) is 0 Å². The van der Waals surface area contributed by atoms with E-state index in [0.29, 0.717) is 22.8 Å². The number of hydrogen-bond donors (Lipinski definition) is 2. The van der Waals surface area contributed by atoms with E-state index in [2.05, 4.69) is 4.98 Å². The van der Waals surface area contributed by atoms with Gasteiger partial charge in [0.25, 0.3) is 5.91 Å². The Labute approximate surface area is 161 Å². The Bertz CT molecular complexity index is 871. The third kappa shape index (κ3) is 3.43. The Kier molecular flexibility index (Phi) is 5.25. The van der Waals surface area contributed by atoms with Gasteiger partial charge >= 0.3 is 0 Å². The van der Waals surface area contributed by atoms with Gasteiger partial charge in [0.15, 0.2) is 5.84 Å². The maximum Gasteiger partial charge on any atom is 0.256 e. The number of carbonyl (C=O) groups is 1. The monoisotopic (exact) mass is 389 g/mol. The van der Waals surface area contributed by atoms with E-state index in [9.17, 15) is 4.79 Å². The van der Waals surface area contributed by atoms with E-state index in [1.807, 2.05) is 6.92 Å². The predicted octanol–water partition coefficient (Wildman–Crippen LogP) is 3.54. The Morgan fingerprint density at radius 3 is 2.69 bits per heavy atom. The second-order valence-corrected chi connectivity index (χ2v) is 6.79. The molecule has 1 saturated heterocycles. The van der Waals surface area contributed by atoms with Crippen molar-refractivity contribution in [3.8, 4) is 0 Å². The quantitative estimate of drug-likeness (QED) is 0.608. The maximum atomic E-state index is 12.9. The van der Waals surface area contributed by atoms with Crippen molar-refractivity contribution in [2.24, 2.45) is 0 Å². The fourth-order valence-corrected chi connectivity index (χ4v) is 3.22. The summed E-state index contributed by atoms with van der Waals surface area (Å²) in [5, 5.41) is 17.2. The van der Waals surface area contributed by atoms with Crippen LogP contribution in [0.4, 0.5) is 0 Å². The van der Waals surface area contributed by atoms with Crippen LogP contribution in [0.15, 0.2) is 42.6 Å². The first-order chi connectivity index (χ1) is 12.4. The topological polar surface area (TPSA) is 84.1 Å². The first-order valence-corrected chi connectivity index (χ1v) is 8.75. The second kappa shape index (κ2) is 7.43. The number of amidine groups is 2. The number of benzene rings is 1. The molecule has 1 fully saturated rings. The number of rotatable bonds is 2. The molecule has 1 aromatic carbocycles. The summed E-state index contributed by atoms with van der Waals surface area (Å²) < 4.78 is 0. The van der Waals surface area contributed by atoms with E-state index in [1.165, 1.54) is 0 Å². The molecule has 1 unspecified atom stereocenters. The average molecular weight is 390 g/mol. The van der Waals surface area contributed by atoms with Crippen LogP contribution in [0.5, 0.6) is 0 Å². The largest absolute Gasteiger partial charge is 0.327 e. The first-order valence-electron chi connectivity index (χ1n) is 8.00. The Morgan fingerprint density at radius 2 is 2.00 bits per heavy atom. The zero-order chi connectivity index (χ0) is 18.8. The lowest BCUT2D eigenvalue weighted by Crippen LogP contribution is -2.58. The van der Waals surface area contributed by atoms with Gasteiger partial charge in [-0.1, -0.05) is 35.3 Å². The van der Waals surface area contributed by atoms with Crippen molar-refractivity contribution in [1.82, 2.24) is 14.8 Å². The van der Waals surface area contributed by atoms with Crippen LogP contribution in [-0.2, 0) is 0 Å². The number of piperazine rings is 1. The van der Waals surface area contributed by atoms with E-state index in [1.54, 1.807) is 52.4 Å². The minimum absolute atomic E-state index is 0.0814. The van der Waals surface area contributed by atoms with Crippen LogP contribution >= 0.6 is 23.2 Å². The molecule has 0 bridgehead atoms. The summed E-state index contributed by atoms with van der Waals surface area (Å²) in [5.74, 6) is 0.0272. The Hall–Kier alpha value is -2.44. The molecule has 0 saturated carbocycles.